The lowest BCUT2D eigenvalue weighted by molar-refractivity contribution is 0.604. The Labute approximate surface area is 56.4 Å². The average Bonchev–Trinajstić information content (AvgIpc) is 2.44. The molecule has 0 radical (unpaired) electrons. The fraction of sp³-hybridized carbons (Fsp3) is 0. The van der Waals surface area contributed by atoms with Gasteiger partial charge in [0.15, 0.2) is 0 Å². The summed E-state index contributed by atoms with van der Waals surface area (Å²) in [6, 6.07) is 0. The molecule has 0 saturated carbocycles. The first-order valence-corrected chi connectivity index (χ1v) is 2.83. The smallest absolute Gasteiger partial charge is 0.244 e. The van der Waals surface area contributed by atoms with Crippen molar-refractivity contribution < 1.29 is 4.42 Å². The number of H-pyrrole nitrogens is 1. The second-order valence-corrected chi connectivity index (χ2v) is 1.92. The van der Waals surface area contributed by atoms with Crippen molar-refractivity contribution in [3.8, 4) is 0 Å². The summed E-state index contributed by atoms with van der Waals surface area (Å²) in [6.07, 6.45) is 4.27. The minimum absolute atomic E-state index is 0.554. The Morgan fingerprint density at radius 3 is 3.40 bits per heavy atom. The van der Waals surface area contributed by atoms with Crippen molar-refractivity contribution in [1.29, 1.82) is 5.41 Å². The highest BCUT2D eigenvalue weighted by atomic mass is 16.3. The number of nitrogens with zero attached hydrogens (tertiary/aromatic N) is 1. The van der Waals surface area contributed by atoms with E-state index in [4.69, 9.17) is 9.83 Å². The average molecular weight is 135 g/mol. The number of hydrogen-bond donors (Lipinski definition) is 2. The lowest BCUT2D eigenvalue weighted by atomic mass is 10.3. The number of rotatable bonds is 1. The molecule has 0 spiro atoms. The number of fused-ring (bicyclic) bond motifs is 1. The number of hydrogen-bond acceptors (Lipinski definition) is 3. The van der Waals surface area contributed by atoms with Gasteiger partial charge < -0.3 is 14.8 Å². The number of aromatic amines is 1. The zero-order chi connectivity index (χ0) is 6.97. The number of furan rings is 1. The summed E-state index contributed by atoms with van der Waals surface area (Å²) in [6.45, 7) is 0. The molecule has 50 valence electrons. The molecule has 2 N–H and O–H groups in total. The van der Waals surface area contributed by atoms with Gasteiger partial charge in [-0.3, -0.25) is 0 Å². The van der Waals surface area contributed by atoms with Gasteiger partial charge in [-0.05, 0) is 0 Å². The third-order valence-corrected chi connectivity index (χ3v) is 1.35. The standard InChI is InChI=1S/C6H5N3O/c7-1-4-2-10-6-5(4)8-3-9-6/h1-3,7H,(H,8,9). The maximum atomic E-state index is 6.95. The molecular formula is C6H5N3O. The SMILES string of the molecule is N=Cc1coc2nc[nH]c12. The highest BCUT2D eigenvalue weighted by molar-refractivity contribution is 5.92. The quantitative estimate of drug-likeness (QED) is 0.576. The van der Waals surface area contributed by atoms with Crippen LogP contribution in [0.25, 0.3) is 11.2 Å². The van der Waals surface area contributed by atoms with Gasteiger partial charge in [0.1, 0.15) is 11.8 Å². The molecule has 0 atom stereocenters. The summed E-state index contributed by atoms with van der Waals surface area (Å²) in [5.74, 6) is 0. The van der Waals surface area contributed by atoms with Gasteiger partial charge in [-0.15, -0.1) is 0 Å². The molecule has 2 heterocycles. The van der Waals surface area contributed by atoms with Gasteiger partial charge in [0, 0.05) is 6.21 Å². The van der Waals surface area contributed by atoms with Gasteiger partial charge in [0.2, 0.25) is 5.71 Å². The van der Waals surface area contributed by atoms with Crippen LogP contribution in [0.3, 0.4) is 0 Å². The number of imidazole rings is 1. The van der Waals surface area contributed by atoms with Gasteiger partial charge in [-0.2, -0.15) is 0 Å². The van der Waals surface area contributed by atoms with Crippen molar-refractivity contribution in [2.75, 3.05) is 0 Å². The largest absolute Gasteiger partial charge is 0.444 e. The summed E-state index contributed by atoms with van der Waals surface area (Å²) in [4.78, 5) is 6.72. The minimum Gasteiger partial charge on any atom is -0.444 e. The molecule has 0 aliphatic rings. The van der Waals surface area contributed by atoms with E-state index in [2.05, 4.69) is 9.97 Å². The van der Waals surface area contributed by atoms with Crippen LogP contribution in [0.4, 0.5) is 0 Å². The third kappa shape index (κ3) is 0.500. The fourth-order valence-electron chi connectivity index (χ4n) is 0.862. The maximum Gasteiger partial charge on any atom is 0.244 e. The minimum atomic E-state index is 0.554. The van der Waals surface area contributed by atoms with Crippen LogP contribution in [-0.2, 0) is 0 Å². The first-order valence-electron chi connectivity index (χ1n) is 2.83. The molecule has 0 aliphatic carbocycles. The summed E-state index contributed by atoms with van der Waals surface area (Å²) in [5.41, 5.74) is 2.07. The van der Waals surface area contributed by atoms with Crippen LogP contribution in [0.5, 0.6) is 0 Å². The highest BCUT2D eigenvalue weighted by Gasteiger charge is 2.03. The van der Waals surface area contributed by atoms with E-state index in [0.717, 1.165) is 11.1 Å². The zero-order valence-corrected chi connectivity index (χ0v) is 5.09. The molecule has 0 saturated heterocycles. The summed E-state index contributed by atoms with van der Waals surface area (Å²) in [7, 11) is 0. The van der Waals surface area contributed by atoms with Gasteiger partial charge in [0.05, 0.1) is 11.9 Å². The van der Waals surface area contributed by atoms with Crippen molar-refractivity contribution in [2.45, 2.75) is 0 Å². The van der Waals surface area contributed by atoms with Crippen molar-refractivity contribution in [2.24, 2.45) is 0 Å². The number of nitrogens with one attached hydrogen (secondary N) is 2. The molecule has 0 aliphatic heterocycles. The molecule has 2 rings (SSSR count). The lowest BCUT2D eigenvalue weighted by Crippen LogP contribution is -1.72. The van der Waals surface area contributed by atoms with Crippen molar-refractivity contribution in [3.05, 3.63) is 18.2 Å². The van der Waals surface area contributed by atoms with E-state index in [1.54, 1.807) is 6.33 Å². The van der Waals surface area contributed by atoms with Gasteiger partial charge in [-0.1, -0.05) is 0 Å². The zero-order valence-electron chi connectivity index (χ0n) is 5.09. The van der Waals surface area contributed by atoms with Gasteiger partial charge in [-0.25, -0.2) is 4.98 Å². The Balaban J connectivity index is 2.88. The predicted molar refractivity (Wildman–Crippen MR) is 36.2 cm³/mol. The molecular weight excluding hydrogens is 130 g/mol. The summed E-state index contributed by atoms with van der Waals surface area (Å²) >= 11 is 0. The van der Waals surface area contributed by atoms with Crippen molar-refractivity contribution in [1.82, 2.24) is 9.97 Å². The van der Waals surface area contributed by atoms with Crippen LogP contribution in [0.2, 0.25) is 0 Å². The number of aromatic nitrogens is 2. The Morgan fingerprint density at radius 1 is 1.70 bits per heavy atom. The molecule has 2 aromatic rings. The van der Waals surface area contributed by atoms with E-state index in [1.165, 1.54) is 12.5 Å². The summed E-state index contributed by atoms with van der Waals surface area (Å²) < 4.78 is 4.99. The van der Waals surface area contributed by atoms with Crippen molar-refractivity contribution >= 4 is 17.4 Å². The Kier molecular flexibility index (Phi) is 0.887. The maximum absolute atomic E-state index is 6.95. The first-order chi connectivity index (χ1) is 4.92. The predicted octanol–water partition coefficient (Wildman–Crippen LogP) is 1.15. The van der Waals surface area contributed by atoms with E-state index in [1.807, 2.05) is 0 Å². The van der Waals surface area contributed by atoms with Crippen LogP contribution in [0.1, 0.15) is 5.56 Å². The van der Waals surface area contributed by atoms with Crippen LogP contribution < -0.4 is 0 Å². The van der Waals surface area contributed by atoms with Crippen LogP contribution in [0.15, 0.2) is 17.0 Å². The van der Waals surface area contributed by atoms with E-state index in [0.29, 0.717) is 5.71 Å². The van der Waals surface area contributed by atoms with Crippen LogP contribution in [0, 0.1) is 5.41 Å². The molecule has 2 aromatic heterocycles. The lowest BCUT2D eigenvalue weighted by Gasteiger charge is -1.75. The molecule has 4 heteroatoms. The fourth-order valence-corrected chi connectivity index (χ4v) is 0.862. The second-order valence-electron chi connectivity index (χ2n) is 1.92. The van der Waals surface area contributed by atoms with E-state index >= 15 is 0 Å². The van der Waals surface area contributed by atoms with Gasteiger partial charge >= 0.3 is 0 Å². The first kappa shape index (κ1) is 5.22. The highest BCUT2D eigenvalue weighted by Crippen LogP contribution is 2.13. The molecule has 0 aromatic carbocycles. The monoisotopic (exact) mass is 135 g/mol. The molecule has 0 fully saturated rings. The second kappa shape index (κ2) is 1.70. The third-order valence-electron chi connectivity index (χ3n) is 1.35. The van der Waals surface area contributed by atoms with Crippen LogP contribution >= 0.6 is 0 Å². The topological polar surface area (TPSA) is 65.7 Å². The Hall–Kier alpha value is -1.58. The molecule has 0 unspecified atom stereocenters. The molecule has 4 nitrogen and oxygen atoms in total. The Bertz CT molecular complexity index is 360. The van der Waals surface area contributed by atoms with E-state index in [9.17, 15) is 0 Å². The normalized spacial score (nSPS) is 10.4. The Morgan fingerprint density at radius 2 is 2.60 bits per heavy atom. The van der Waals surface area contributed by atoms with E-state index < -0.39 is 0 Å². The van der Waals surface area contributed by atoms with E-state index in [-0.39, 0.29) is 0 Å². The molecule has 0 bridgehead atoms. The summed E-state index contributed by atoms with van der Waals surface area (Å²) in [5, 5.41) is 6.95. The molecule has 10 heavy (non-hydrogen) atoms. The van der Waals surface area contributed by atoms with Crippen molar-refractivity contribution in [3.63, 3.8) is 0 Å². The molecule has 0 amide bonds. The van der Waals surface area contributed by atoms with Crippen LogP contribution in [-0.4, -0.2) is 16.2 Å². The van der Waals surface area contributed by atoms with Gasteiger partial charge in [0.25, 0.3) is 0 Å².